The number of carbonyl (C=O) groups is 3. The van der Waals surface area contributed by atoms with Gasteiger partial charge in [0.25, 0.3) is 0 Å². The number of aryl methyl sites for hydroxylation is 1. The zero-order chi connectivity index (χ0) is 30.5. The summed E-state index contributed by atoms with van der Waals surface area (Å²) >= 11 is 0. The van der Waals surface area contributed by atoms with Gasteiger partial charge in [0.05, 0.1) is 6.04 Å². The summed E-state index contributed by atoms with van der Waals surface area (Å²) in [5.41, 5.74) is 9.32. The van der Waals surface area contributed by atoms with E-state index < -0.39 is 31.7 Å². The quantitative estimate of drug-likeness (QED) is 0.145. The van der Waals surface area contributed by atoms with Crippen LogP contribution in [0.5, 0.6) is 5.75 Å². The van der Waals surface area contributed by atoms with Gasteiger partial charge in [-0.1, -0.05) is 60.7 Å². The van der Waals surface area contributed by atoms with Crippen LogP contribution < -0.4 is 26.2 Å². The number of nitrogens with one attached hydrogen (secondary N) is 3. The van der Waals surface area contributed by atoms with Crippen LogP contribution in [0, 0.1) is 0 Å². The zero-order valence-electron chi connectivity index (χ0n) is 23.4. The van der Waals surface area contributed by atoms with Crippen molar-refractivity contribution in [2.24, 2.45) is 5.73 Å². The molecule has 2 atom stereocenters. The molecule has 3 aromatic rings. The van der Waals surface area contributed by atoms with E-state index in [-0.39, 0.29) is 18.1 Å². The molecule has 7 N–H and O–H groups in total. The van der Waals surface area contributed by atoms with Gasteiger partial charge in [0, 0.05) is 18.7 Å². The maximum Gasteiger partial charge on any atom is 0.524 e. The molecule has 0 heterocycles. The van der Waals surface area contributed by atoms with Gasteiger partial charge in [0.1, 0.15) is 11.8 Å². The number of rotatable bonds is 15. The van der Waals surface area contributed by atoms with E-state index in [1.807, 2.05) is 42.5 Å². The molecule has 3 rings (SSSR count). The number of hydrogen-bond donors (Lipinski definition) is 6. The Morgan fingerprint density at radius 1 is 0.881 bits per heavy atom. The standard InChI is InChI=1S/C30H37N4O7P/c1-21(33-30(37)26(31)20-23-14-16-25(17-15-23)41-42(38,39)40)29(36)34-27-12-6-5-10-24(27)11-7-13-28(35)32-19-18-22-8-3-2-4-9-22/h2-6,8-10,12,14-17,21,26H,7,11,13,18-20,31H2,1H3,(H,32,35)(H,33,37)(H,34,36)(H2,38,39,40)/t21-,26+/m1/s1. The summed E-state index contributed by atoms with van der Waals surface area (Å²) in [5.74, 6) is -0.983. The van der Waals surface area contributed by atoms with E-state index in [0.29, 0.717) is 37.1 Å². The highest BCUT2D eigenvalue weighted by molar-refractivity contribution is 7.46. The summed E-state index contributed by atoms with van der Waals surface area (Å²) in [6.07, 6.45) is 2.47. The maximum atomic E-state index is 12.8. The fraction of sp³-hybridized carbons (Fsp3) is 0.300. The molecule has 0 bridgehead atoms. The lowest BCUT2D eigenvalue weighted by atomic mass is 10.0. The lowest BCUT2D eigenvalue weighted by molar-refractivity contribution is -0.127. The minimum atomic E-state index is -4.67. The van der Waals surface area contributed by atoms with Crippen molar-refractivity contribution in [3.05, 3.63) is 95.6 Å². The molecule has 0 spiro atoms. The Kier molecular flexibility index (Phi) is 12.3. The summed E-state index contributed by atoms with van der Waals surface area (Å²) in [6.45, 7) is 2.12. The molecule has 3 aromatic carbocycles. The summed E-state index contributed by atoms with van der Waals surface area (Å²) in [6, 6.07) is 21.2. The average Bonchev–Trinajstić information content (AvgIpc) is 2.94. The SMILES string of the molecule is C[C@@H](NC(=O)[C@@H](N)Cc1ccc(OP(=O)(O)O)cc1)C(=O)Nc1ccccc1CCCC(=O)NCCc1ccccc1. The third-order valence-electron chi connectivity index (χ3n) is 6.40. The smallest absolute Gasteiger partial charge is 0.404 e. The first-order valence-electron chi connectivity index (χ1n) is 13.6. The minimum absolute atomic E-state index is 0.0159. The monoisotopic (exact) mass is 596 g/mol. The van der Waals surface area contributed by atoms with E-state index in [4.69, 9.17) is 15.5 Å². The Morgan fingerprint density at radius 2 is 1.55 bits per heavy atom. The molecule has 0 aliphatic carbocycles. The highest BCUT2D eigenvalue weighted by Gasteiger charge is 2.21. The van der Waals surface area contributed by atoms with Gasteiger partial charge in [-0.3, -0.25) is 24.2 Å². The fourth-order valence-electron chi connectivity index (χ4n) is 4.18. The number of phosphoric ester groups is 1. The fourth-order valence-corrected chi connectivity index (χ4v) is 4.57. The number of phosphoric acid groups is 1. The van der Waals surface area contributed by atoms with Crippen molar-refractivity contribution in [1.29, 1.82) is 0 Å². The first kappa shape index (κ1) is 32.5. The van der Waals surface area contributed by atoms with Gasteiger partial charge in [-0.2, -0.15) is 0 Å². The van der Waals surface area contributed by atoms with Crippen LogP contribution in [0.1, 0.15) is 36.5 Å². The van der Waals surface area contributed by atoms with Gasteiger partial charge in [-0.15, -0.1) is 0 Å². The lowest BCUT2D eigenvalue weighted by Crippen LogP contribution is -2.49. The second-order valence-electron chi connectivity index (χ2n) is 9.85. The number of carbonyl (C=O) groups excluding carboxylic acids is 3. The van der Waals surface area contributed by atoms with E-state index in [2.05, 4.69) is 20.5 Å². The third kappa shape index (κ3) is 11.5. The third-order valence-corrected chi connectivity index (χ3v) is 6.84. The van der Waals surface area contributed by atoms with E-state index in [9.17, 15) is 18.9 Å². The van der Waals surface area contributed by atoms with Crippen molar-refractivity contribution in [3.8, 4) is 5.75 Å². The first-order chi connectivity index (χ1) is 20.0. The second kappa shape index (κ2) is 15.8. The predicted molar refractivity (Wildman–Crippen MR) is 160 cm³/mol. The number of amides is 3. The van der Waals surface area contributed by atoms with Gasteiger partial charge < -0.3 is 26.2 Å². The van der Waals surface area contributed by atoms with Gasteiger partial charge in [0.2, 0.25) is 17.7 Å². The molecule has 0 aromatic heterocycles. The summed E-state index contributed by atoms with van der Waals surface area (Å²) < 4.78 is 15.4. The van der Waals surface area contributed by atoms with E-state index >= 15 is 0 Å². The molecule has 42 heavy (non-hydrogen) atoms. The Balaban J connectivity index is 1.43. The molecule has 0 aliphatic rings. The summed E-state index contributed by atoms with van der Waals surface area (Å²) in [5, 5.41) is 8.40. The number of anilines is 1. The molecule has 0 saturated heterocycles. The molecule has 3 amide bonds. The molecule has 0 fully saturated rings. The van der Waals surface area contributed by atoms with Crippen molar-refractivity contribution in [3.63, 3.8) is 0 Å². The van der Waals surface area contributed by atoms with Gasteiger partial charge in [0.15, 0.2) is 0 Å². The molecule has 0 aliphatic heterocycles. The van der Waals surface area contributed by atoms with Crippen LogP contribution in [0.15, 0.2) is 78.9 Å². The molecule has 12 heteroatoms. The van der Waals surface area contributed by atoms with Gasteiger partial charge >= 0.3 is 7.82 Å². The normalized spacial score (nSPS) is 12.6. The Hall–Kier alpha value is -4.02. The Labute approximate surface area is 245 Å². The number of nitrogens with two attached hydrogens (primary N) is 1. The highest BCUT2D eigenvalue weighted by Crippen LogP contribution is 2.37. The molecule has 224 valence electrons. The Bertz CT molecular complexity index is 1380. The van der Waals surface area contributed by atoms with E-state index in [0.717, 1.165) is 12.0 Å². The van der Waals surface area contributed by atoms with Crippen molar-refractivity contribution < 1.29 is 33.3 Å². The maximum absolute atomic E-state index is 12.8. The molecule has 11 nitrogen and oxygen atoms in total. The van der Waals surface area contributed by atoms with Gasteiger partial charge in [-0.05, 0) is 67.5 Å². The predicted octanol–water partition coefficient (Wildman–Crippen LogP) is 2.85. The van der Waals surface area contributed by atoms with Crippen molar-refractivity contribution in [2.45, 2.75) is 51.1 Å². The second-order valence-corrected chi connectivity index (χ2v) is 11.0. The molecular weight excluding hydrogens is 559 g/mol. The van der Waals surface area contributed by atoms with Crippen LogP contribution in [0.4, 0.5) is 5.69 Å². The van der Waals surface area contributed by atoms with Crippen molar-refractivity contribution in [2.75, 3.05) is 11.9 Å². The van der Waals surface area contributed by atoms with Crippen LogP contribution in [0.2, 0.25) is 0 Å². The number of para-hydroxylation sites is 1. The number of hydrogen-bond acceptors (Lipinski definition) is 6. The highest BCUT2D eigenvalue weighted by atomic mass is 31.2. The molecular formula is C30H37N4O7P. The summed E-state index contributed by atoms with van der Waals surface area (Å²) in [7, 11) is -4.67. The zero-order valence-corrected chi connectivity index (χ0v) is 24.3. The van der Waals surface area contributed by atoms with Gasteiger partial charge in [-0.25, -0.2) is 4.57 Å². The molecule has 0 unspecified atom stereocenters. The van der Waals surface area contributed by atoms with Crippen LogP contribution in [-0.2, 0) is 38.2 Å². The van der Waals surface area contributed by atoms with E-state index in [1.54, 1.807) is 31.2 Å². The largest absolute Gasteiger partial charge is 0.524 e. The lowest BCUT2D eigenvalue weighted by Gasteiger charge is -2.19. The van der Waals surface area contributed by atoms with Crippen LogP contribution in [0.3, 0.4) is 0 Å². The van der Waals surface area contributed by atoms with Crippen LogP contribution >= 0.6 is 7.82 Å². The van der Waals surface area contributed by atoms with E-state index in [1.165, 1.54) is 17.7 Å². The minimum Gasteiger partial charge on any atom is -0.404 e. The topological polar surface area (TPSA) is 180 Å². The van der Waals surface area contributed by atoms with Crippen molar-refractivity contribution in [1.82, 2.24) is 10.6 Å². The van der Waals surface area contributed by atoms with Crippen LogP contribution in [0.25, 0.3) is 0 Å². The summed E-state index contributed by atoms with van der Waals surface area (Å²) in [4.78, 5) is 55.5. The molecule has 0 saturated carbocycles. The average molecular weight is 597 g/mol. The Morgan fingerprint density at radius 3 is 2.24 bits per heavy atom. The van der Waals surface area contributed by atoms with Crippen molar-refractivity contribution >= 4 is 31.2 Å². The number of benzene rings is 3. The van der Waals surface area contributed by atoms with Crippen LogP contribution in [-0.4, -0.2) is 46.1 Å². The first-order valence-corrected chi connectivity index (χ1v) is 15.1. The molecule has 0 radical (unpaired) electrons.